The number of carbonyl (C=O) groups excluding carboxylic acids is 2. The standard InChI is InChI=1S/C21H25BrF3N5O4S/c1-11-5-12(6-17(35)27-11)20(32)29-4-2-3-14(9-29)28-18-15(19(31)26-10-21(23,24)25)7-13(22)8-16(18)30(33)34/h7-8,11-12,14,28H,2-6,9-10H2,1H3,(H,26,31)(H,27,35)/t11-,12+,14+/m0/s1. The summed E-state index contributed by atoms with van der Waals surface area (Å²) < 4.78 is 38.0. The molecule has 192 valence electrons. The minimum absolute atomic E-state index is 0.0550. The fraction of sp³-hybridized carbons (Fsp3) is 0.571. The highest BCUT2D eigenvalue weighted by Crippen LogP contribution is 2.34. The number of nitrogens with one attached hydrogen (secondary N) is 3. The number of rotatable bonds is 6. The van der Waals surface area contributed by atoms with Gasteiger partial charge < -0.3 is 20.9 Å². The smallest absolute Gasteiger partial charge is 0.377 e. The molecular formula is C21H25BrF3N5O4S. The fourth-order valence-electron chi connectivity index (χ4n) is 4.42. The lowest BCUT2D eigenvalue weighted by Gasteiger charge is -2.38. The van der Waals surface area contributed by atoms with Gasteiger partial charge in [-0.15, -0.1) is 0 Å². The Morgan fingerprint density at radius 3 is 2.71 bits per heavy atom. The molecule has 0 aromatic heterocycles. The van der Waals surface area contributed by atoms with Crippen LogP contribution in [0.5, 0.6) is 0 Å². The average molecular weight is 580 g/mol. The molecule has 2 saturated heterocycles. The number of halogens is 4. The lowest BCUT2D eigenvalue weighted by Crippen LogP contribution is -2.50. The molecule has 1 aromatic rings. The average Bonchev–Trinajstić information content (AvgIpc) is 2.76. The van der Waals surface area contributed by atoms with Crippen LogP contribution < -0.4 is 16.0 Å². The van der Waals surface area contributed by atoms with Crippen LogP contribution in [0, 0.1) is 16.0 Å². The maximum Gasteiger partial charge on any atom is 0.405 e. The van der Waals surface area contributed by atoms with E-state index < -0.39 is 35.3 Å². The third kappa shape index (κ3) is 7.26. The van der Waals surface area contributed by atoms with Gasteiger partial charge in [0.05, 0.1) is 15.5 Å². The Bertz CT molecular complexity index is 1030. The van der Waals surface area contributed by atoms with E-state index in [9.17, 15) is 32.9 Å². The molecule has 2 aliphatic rings. The van der Waals surface area contributed by atoms with Crippen LogP contribution in [0.1, 0.15) is 43.0 Å². The van der Waals surface area contributed by atoms with Crippen molar-refractivity contribution in [3.63, 3.8) is 0 Å². The zero-order valence-corrected chi connectivity index (χ0v) is 21.2. The third-order valence-corrected chi connectivity index (χ3v) is 6.62. The molecule has 0 spiro atoms. The van der Waals surface area contributed by atoms with Crippen LogP contribution in [-0.2, 0) is 4.79 Å². The number of nitro benzene ring substituents is 1. The van der Waals surface area contributed by atoms with Gasteiger partial charge in [0.1, 0.15) is 12.2 Å². The van der Waals surface area contributed by atoms with Gasteiger partial charge in [0.15, 0.2) is 0 Å². The highest BCUT2D eigenvalue weighted by atomic mass is 79.9. The number of hydrogen-bond acceptors (Lipinski definition) is 6. The van der Waals surface area contributed by atoms with Crippen molar-refractivity contribution in [2.45, 2.75) is 50.9 Å². The minimum Gasteiger partial charge on any atom is -0.377 e. The quantitative estimate of drug-likeness (QED) is 0.267. The second-order valence-electron chi connectivity index (χ2n) is 8.78. The summed E-state index contributed by atoms with van der Waals surface area (Å²) in [5.74, 6) is -1.42. The van der Waals surface area contributed by atoms with Gasteiger partial charge in [-0.2, -0.15) is 13.2 Å². The van der Waals surface area contributed by atoms with Gasteiger partial charge in [-0.25, -0.2) is 0 Å². The zero-order valence-electron chi connectivity index (χ0n) is 18.8. The fourth-order valence-corrected chi connectivity index (χ4v) is 5.26. The Labute approximate surface area is 213 Å². The van der Waals surface area contributed by atoms with Crippen LogP contribution in [0.3, 0.4) is 0 Å². The Morgan fingerprint density at radius 1 is 1.37 bits per heavy atom. The van der Waals surface area contributed by atoms with Crippen molar-refractivity contribution in [2.24, 2.45) is 5.92 Å². The molecule has 0 saturated carbocycles. The minimum atomic E-state index is -4.64. The normalized spacial score (nSPS) is 22.8. The van der Waals surface area contributed by atoms with Gasteiger partial charge in [-0.3, -0.25) is 19.7 Å². The van der Waals surface area contributed by atoms with Gasteiger partial charge in [0.25, 0.3) is 11.6 Å². The molecule has 2 amide bonds. The summed E-state index contributed by atoms with van der Waals surface area (Å²) in [4.78, 5) is 39.0. The SMILES string of the molecule is C[C@H]1C[C@@H](C(=O)N2CCC[C@@H](Nc3c(C(=O)NCC(F)(F)F)cc(Br)cc3[N+](=O)[O-])C2)CC(=S)N1. The monoisotopic (exact) mass is 579 g/mol. The molecule has 14 heteroatoms. The summed E-state index contributed by atoms with van der Waals surface area (Å²) in [5, 5.41) is 19.6. The highest BCUT2D eigenvalue weighted by Gasteiger charge is 2.35. The van der Waals surface area contributed by atoms with E-state index >= 15 is 0 Å². The van der Waals surface area contributed by atoms with Crippen LogP contribution in [0.15, 0.2) is 16.6 Å². The van der Waals surface area contributed by atoms with E-state index in [-0.39, 0.29) is 40.1 Å². The maximum absolute atomic E-state index is 13.1. The van der Waals surface area contributed by atoms with E-state index in [4.69, 9.17) is 12.2 Å². The summed E-state index contributed by atoms with van der Waals surface area (Å²) >= 11 is 8.33. The summed E-state index contributed by atoms with van der Waals surface area (Å²) in [7, 11) is 0. The number of hydrogen-bond donors (Lipinski definition) is 3. The van der Waals surface area contributed by atoms with E-state index in [1.54, 1.807) is 10.2 Å². The van der Waals surface area contributed by atoms with Crippen LogP contribution in [0.25, 0.3) is 0 Å². The molecule has 0 aliphatic carbocycles. The Balaban J connectivity index is 1.81. The summed E-state index contributed by atoms with van der Waals surface area (Å²) in [6.07, 6.45) is -2.38. The number of likely N-dealkylation sites (tertiary alicyclic amines) is 1. The first kappa shape index (κ1) is 27.1. The van der Waals surface area contributed by atoms with Crippen molar-refractivity contribution in [2.75, 3.05) is 25.0 Å². The number of nitro groups is 1. The number of carbonyl (C=O) groups is 2. The summed E-state index contributed by atoms with van der Waals surface area (Å²) in [5.41, 5.74) is -0.942. The van der Waals surface area contributed by atoms with Crippen molar-refractivity contribution >= 4 is 56.3 Å². The van der Waals surface area contributed by atoms with Gasteiger partial charge in [0, 0.05) is 48.1 Å². The molecule has 3 N–H and O–H groups in total. The lowest BCUT2D eigenvalue weighted by atomic mass is 9.91. The molecule has 0 unspecified atom stereocenters. The second-order valence-corrected chi connectivity index (χ2v) is 10.2. The number of thiocarbonyl (C=S) groups is 1. The number of anilines is 1. The number of piperidine rings is 2. The van der Waals surface area contributed by atoms with Gasteiger partial charge >= 0.3 is 6.18 Å². The molecular weight excluding hydrogens is 555 g/mol. The second kappa shape index (κ2) is 11.1. The highest BCUT2D eigenvalue weighted by molar-refractivity contribution is 9.10. The Kier molecular flexibility index (Phi) is 8.57. The van der Waals surface area contributed by atoms with E-state index in [1.165, 1.54) is 12.1 Å². The predicted molar refractivity (Wildman–Crippen MR) is 130 cm³/mol. The van der Waals surface area contributed by atoms with Crippen molar-refractivity contribution in [1.82, 2.24) is 15.5 Å². The Morgan fingerprint density at radius 2 is 2.09 bits per heavy atom. The Hall–Kier alpha value is -2.48. The van der Waals surface area contributed by atoms with Crippen LogP contribution in [0.4, 0.5) is 24.5 Å². The lowest BCUT2D eigenvalue weighted by molar-refractivity contribution is -0.384. The molecule has 2 aliphatic heterocycles. The first-order chi connectivity index (χ1) is 16.3. The van der Waals surface area contributed by atoms with E-state index in [0.717, 1.165) is 0 Å². The molecule has 3 rings (SSSR count). The van der Waals surface area contributed by atoms with Crippen molar-refractivity contribution in [3.05, 3.63) is 32.3 Å². The van der Waals surface area contributed by atoms with Gasteiger partial charge in [0.2, 0.25) is 5.91 Å². The maximum atomic E-state index is 13.1. The van der Waals surface area contributed by atoms with Crippen molar-refractivity contribution in [3.8, 4) is 0 Å². The van der Waals surface area contributed by atoms with Crippen molar-refractivity contribution in [1.29, 1.82) is 0 Å². The third-order valence-electron chi connectivity index (χ3n) is 5.88. The molecule has 3 atom stereocenters. The number of alkyl halides is 3. The number of nitrogens with zero attached hydrogens (tertiary/aromatic N) is 2. The first-order valence-corrected chi connectivity index (χ1v) is 12.2. The molecule has 0 bridgehead atoms. The number of benzene rings is 1. The van der Waals surface area contributed by atoms with Crippen LogP contribution in [0.2, 0.25) is 0 Å². The zero-order chi connectivity index (χ0) is 25.9. The molecule has 35 heavy (non-hydrogen) atoms. The van der Waals surface area contributed by atoms with Crippen LogP contribution in [-0.4, -0.2) is 64.5 Å². The molecule has 2 fully saturated rings. The predicted octanol–water partition coefficient (Wildman–Crippen LogP) is 3.77. The molecule has 1 aromatic carbocycles. The van der Waals surface area contributed by atoms with Gasteiger partial charge in [-0.1, -0.05) is 28.1 Å². The number of amides is 2. The molecule has 9 nitrogen and oxygen atoms in total. The van der Waals surface area contributed by atoms with E-state index in [1.807, 2.05) is 6.92 Å². The topological polar surface area (TPSA) is 117 Å². The van der Waals surface area contributed by atoms with E-state index in [0.29, 0.717) is 37.2 Å². The summed E-state index contributed by atoms with van der Waals surface area (Å²) in [6, 6.07) is 2.04. The van der Waals surface area contributed by atoms with E-state index in [2.05, 4.69) is 26.6 Å². The van der Waals surface area contributed by atoms with Gasteiger partial charge in [-0.05, 0) is 32.3 Å². The molecule has 2 heterocycles. The summed E-state index contributed by atoms with van der Waals surface area (Å²) in [6.45, 7) is 1.13. The largest absolute Gasteiger partial charge is 0.405 e. The molecule has 0 radical (unpaired) electrons. The first-order valence-electron chi connectivity index (χ1n) is 11.0. The van der Waals surface area contributed by atoms with Crippen LogP contribution >= 0.6 is 28.1 Å². The van der Waals surface area contributed by atoms with Crippen molar-refractivity contribution < 1.29 is 27.7 Å².